The van der Waals surface area contributed by atoms with E-state index < -0.39 is 15.9 Å². The zero-order chi connectivity index (χ0) is 25.0. The highest BCUT2D eigenvalue weighted by atomic mass is 32.2. The van der Waals surface area contributed by atoms with Gasteiger partial charge < -0.3 is 15.5 Å². The van der Waals surface area contributed by atoms with Crippen molar-refractivity contribution in [2.75, 3.05) is 28.4 Å². The molecule has 1 aliphatic rings. The normalized spacial score (nSPS) is 13.4. The maximum absolute atomic E-state index is 13.2. The first-order valence-electron chi connectivity index (χ1n) is 11.4. The SMILES string of the molecule is Cc1cccc(NS(=O)(=O)c2ccc(C)c(C(=O)Nc3ccccc3NC(=O)N3CCCC3)c2)c1. The summed E-state index contributed by atoms with van der Waals surface area (Å²) in [5.74, 6) is -0.474. The number of rotatable bonds is 6. The first kappa shape index (κ1) is 24.3. The van der Waals surface area contributed by atoms with E-state index in [1.165, 1.54) is 12.1 Å². The predicted octanol–water partition coefficient (Wildman–Crippen LogP) is 4.98. The Balaban J connectivity index is 1.55. The number of urea groups is 1. The summed E-state index contributed by atoms with van der Waals surface area (Å²) in [5, 5.41) is 5.67. The summed E-state index contributed by atoms with van der Waals surface area (Å²) < 4.78 is 28.5. The fraction of sp³-hybridized carbons (Fsp3) is 0.231. The number of amides is 3. The van der Waals surface area contributed by atoms with Crippen LogP contribution in [0.25, 0.3) is 0 Å². The van der Waals surface area contributed by atoms with Gasteiger partial charge in [-0.2, -0.15) is 0 Å². The van der Waals surface area contributed by atoms with Crippen molar-refractivity contribution < 1.29 is 18.0 Å². The molecule has 0 saturated carbocycles. The Morgan fingerprint density at radius 2 is 1.51 bits per heavy atom. The summed E-state index contributed by atoms with van der Waals surface area (Å²) in [4.78, 5) is 27.4. The maximum Gasteiger partial charge on any atom is 0.321 e. The molecule has 0 aliphatic carbocycles. The molecule has 3 N–H and O–H groups in total. The van der Waals surface area contributed by atoms with Crippen LogP contribution in [-0.4, -0.2) is 38.3 Å². The second kappa shape index (κ2) is 10.2. The van der Waals surface area contributed by atoms with Gasteiger partial charge in [-0.15, -0.1) is 0 Å². The van der Waals surface area contributed by atoms with Crippen molar-refractivity contribution in [2.24, 2.45) is 0 Å². The summed E-state index contributed by atoms with van der Waals surface area (Å²) in [6.07, 6.45) is 1.95. The van der Waals surface area contributed by atoms with Gasteiger partial charge in [-0.25, -0.2) is 13.2 Å². The molecule has 1 heterocycles. The molecule has 0 unspecified atom stereocenters. The average Bonchev–Trinajstić information content (AvgIpc) is 3.35. The van der Waals surface area contributed by atoms with Gasteiger partial charge in [-0.3, -0.25) is 9.52 Å². The minimum Gasteiger partial charge on any atom is -0.325 e. The van der Waals surface area contributed by atoms with E-state index in [2.05, 4.69) is 15.4 Å². The summed E-state index contributed by atoms with van der Waals surface area (Å²) in [6.45, 7) is 5.02. The van der Waals surface area contributed by atoms with Crippen molar-refractivity contribution >= 4 is 39.0 Å². The average molecular weight is 493 g/mol. The number of carbonyl (C=O) groups excluding carboxylic acids is 2. The maximum atomic E-state index is 13.2. The van der Waals surface area contributed by atoms with Gasteiger partial charge >= 0.3 is 6.03 Å². The van der Waals surface area contributed by atoms with Crippen LogP contribution in [-0.2, 0) is 10.0 Å². The second-order valence-corrected chi connectivity index (χ2v) is 10.3. The number of sulfonamides is 1. The van der Waals surface area contributed by atoms with Gasteiger partial charge in [0, 0.05) is 24.3 Å². The smallest absolute Gasteiger partial charge is 0.321 e. The predicted molar refractivity (Wildman–Crippen MR) is 137 cm³/mol. The molecule has 1 saturated heterocycles. The summed E-state index contributed by atoms with van der Waals surface area (Å²) in [6, 6.07) is 18.2. The van der Waals surface area contributed by atoms with Gasteiger partial charge in [0.2, 0.25) is 0 Å². The Kier molecular flexibility index (Phi) is 7.07. The molecular formula is C26H28N4O4S. The van der Waals surface area contributed by atoms with Crippen molar-refractivity contribution in [1.29, 1.82) is 0 Å². The largest absolute Gasteiger partial charge is 0.325 e. The second-order valence-electron chi connectivity index (χ2n) is 8.58. The van der Waals surface area contributed by atoms with Gasteiger partial charge in [0.15, 0.2) is 0 Å². The van der Waals surface area contributed by atoms with Gasteiger partial charge in [-0.1, -0.05) is 30.3 Å². The molecule has 1 fully saturated rings. The Morgan fingerprint density at radius 3 is 2.20 bits per heavy atom. The molecule has 3 aromatic rings. The fourth-order valence-corrected chi connectivity index (χ4v) is 5.02. The molecule has 0 bridgehead atoms. The quantitative estimate of drug-likeness (QED) is 0.451. The van der Waals surface area contributed by atoms with Gasteiger partial charge in [0.05, 0.1) is 16.3 Å². The zero-order valence-corrected chi connectivity index (χ0v) is 20.5. The van der Waals surface area contributed by atoms with Crippen LogP contribution >= 0.6 is 0 Å². The highest BCUT2D eigenvalue weighted by Crippen LogP contribution is 2.25. The first-order chi connectivity index (χ1) is 16.7. The topological polar surface area (TPSA) is 108 Å². The third kappa shape index (κ3) is 5.81. The highest BCUT2D eigenvalue weighted by molar-refractivity contribution is 7.92. The van der Waals surface area contributed by atoms with Crippen molar-refractivity contribution in [2.45, 2.75) is 31.6 Å². The first-order valence-corrected chi connectivity index (χ1v) is 12.9. The van der Waals surface area contributed by atoms with E-state index in [0.29, 0.717) is 35.7 Å². The molecule has 35 heavy (non-hydrogen) atoms. The number of anilines is 3. The molecule has 0 radical (unpaired) electrons. The highest BCUT2D eigenvalue weighted by Gasteiger charge is 2.21. The van der Waals surface area contributed by atoms with Crippen LogP contribution in [0, 0.1) is 13.8 Å². The number of benzene rings is 3. The minimum absolute atomic E-state index is 0.0228. The van der Waals surface area contributed by atoms with E-state index in [-0.39, 0.29) is 16.5 Å². The van der Waals surface area contributed by atoms with E-state index in [1.54, 1.807) is 60.4 Å². The number of nitrogens with one attached hydrogen (secondary N) is 3. The third-order valence-corrected chi connectivity index (χ3v) is 7.22. The lowest BCUT2D eigenvalue weighted by Gasteiger charge is -2.18. The van der Waals surface area contributed by atoms with Crippen LogP contribution in [0.2, 0.25) is 0 Å². The van der Waals surface area contributed by atoms with Crippen LogP contribution in [0.5, 0.6) is 0 Å². The fourth-order valence-electron chi connectivity index (χ4n) is 3.94. The van der Waals surface area contributed by atoms with Crippen LogP contribution in [0.3, 0.4) is 0 Å². The Bertz CT molecular complexity index is 1370. The van der Waals surface area contributed by atoms with Crippen LogP contribution in [0.1, 0.15) is 34.3 Å². The molecule has 0 aromatic heterocycles. The molecule has 0 spiro atoms. The van der Waals surface area contributed by atoms with Crippen molar-refractivity contribution in [3.8, 4) is 0 Å². The lowest BCUT2D eigenvalue weighted by molar-refractivity contribution is 0.102. The molecule has 182 valence electrons. The van der Waals surface area contributed by atoms with Crippen molar-refractivity contribution in [1.82, 2.24) is 4.90 Å². The van der Waals surface area contributed by atoms with Crippen molar-refractivity contribution in [3.05, 3.63) is 83.4 Å². The van der Waals surface area contributed by atoms with Crippen molar-refractivity contribution in [3.63, 3.8) is 0 Å². The number of aryl methyl sites for hydroxylation is 2. The molecule has 8 nitrogen and oxygen atoms in total. The summed E-state index contributed by atoms with van der Waals surface area (Å²) in [5.41, 5.74) is 3.10. The van der Waals surface area contributed by atoms with Gasteiger partial charge in [-0.05, 0) is 74.2 Å². The molecule has 3 amide bonds. The Morgan fingerprint density at radius 1 is 0.829 bits per heavy atom. The summed E-state index contributed by atoms with van der Waals surface area (Å²) in [7, 11) is -3.90. The van der Waals surface area contributed by atoms with E-state index in [9.17, 15) is 18.0 Å². The number of nitrogens with zero attached hydrogens (tertiary/aromatic N) is 1. The van der Waals surface area contributed by atoms with E-state index in [4.69, 9.17) is 0 Å². The standard InChI is InChI=1S/C26H28N4O4S/c1-18-8-7-9-20(16-18)29-35(33,34)21-13-12-19(2)22(17-21)25(31)27-23-10-3-4-11-24(23)28-26(32)30-14-5-6-15-30/h3-4,7-13,16-17,29H,5-6,14-15H2,1-2H3,(H,27,31)(H,28,32). The number of hydrogen-bond donors (Lipinski definition) is 3. The summed E-state index contributed by atoms with van der Waals surface area (Å²) >= 11 is 0. The lowest BCUT2D eigenvalue weighted by Crippen LogP contribution is -2.32. The van der Waals surface area contributed by atoms with Crippen LogP contribution in [0.4, 0.5) is 21.9 Å². The molecule has 1 aliphatic heterocycles. The molecule has 3 aromatic carbocycles. The lowest BCUT2D eigenvalue weighted by atomic mass is 10.1. The minimum atomic E-state index is -3.90. The zero-order valence-electron chi connectivity index (χ0n) is 19.7. The van der Waals surface area contributed by atoms with E-state index in [0.717, 1.165) is 18.4 Å². The molecule has 9 heteroatoms. The monoisotopic (exact) mass is 492 g/mol. The number of carbonyl (C=O) groups is 2. The number of hydrogen-bond acceptors (Lipinski definition) is 4. The van der Waals surface area contributed by atoms with Crippen LogP contribution in [0.15, 0.2) is 71.6 Å². The van der Waals surface area contributed by atoms with E-state index in [1.807, 2.05) is 13.0 Å². The molecule has 0 atom stereocenters. The van der Waals surface area contributed by atoms with Gasteiger partial charge in [0.1, 0.15) is 0 Å². The Hall–Kier alpha value is -3.85. The third-order valence-electron chi connectivity index (χ3n) is 5.84. The van der Waals surface area contributed by atoms with Gasteiger partial charge in [0.25, 0.3) is 15.9 Å². The molecule has 4 rings (SSSR count). The number of para-hydroxylation sites is 2. The van der Waals surface area contributed by atoms with Crippen LogP contribution < -0.4 is 15.4 Å². The Labute approximate surface area is 205 Å². The number of likely N-dealkylation sites (tertiary alicyclic amines) is 1. The van der Waals surface area contributed by atoms with E-state index >= 15 is 0 Å². The molecular weight excluding hydrogens is 464 g/mol.